The zero-order chi connectivity index (χ0) is 12.4. The highest BCUT2D eigenvalue weighted by atomic mass is 79.9. The summed E-state index contributed by atoms with van der Waals surface area (Å²) in [7, 11) is 0. The number of anilines is 1. The van der Waals surface area contributed by atoms with Gasteiger partial charge in [0.15, 0.2) is 4.47 Å². The third kappa shape index (κ3) is 3.48. The second-order valence-corrected chi connectivity index (χ2v) is 6.55. The zero-order valence-electron chi connectivity index (χ0n) is 8.31. The minimum absolute atomic E-state index is 0.528. The van der Waals surface area contributed by atoms with E-state index in [4.69, 9.17) is 34.8 Å². The summed E-state index contributed by atoms with van der Waals surface area (Å²) in [5, 5.41) is 4.41. The highest BCUT2D eigenvalue weighted by molar-refractivity contribution is 9.10. The molecular formula is C10H6BrCl3N2S. The van der Waals surface area contributed by atoms with Crippen molar-refractivity contribution in [3.63, 3.8) is 0 Å². The van der Waals surface area contributed by atoms with Gasteiger partial charge in [0, 0.05) is 20.6 Å². The Kier molecular flexibility index (Phi) is 4.55. The van der Waals surface area contributed by atoms with Crippen LogP contribution in [0.15, 0.2) is 22.8 Å². The maximum atomic E-state index is 6.13. The van der Waals surface area contributed by atoms with E-state index >= 15 is 0 Å². The van der Waals surface area contributed by atoms with Gasteiger partial charge in [-0.3, -0.25) is 0 Å². The molecule has 17 heavy (non-hydrogen) atoms. The fraction of sp³-hybridized carbons (Fsp3) is 0.100. The lowest BCUT2D eigenvalue weighted by Crippen LogP contribution is -1.98. The number of nitrogens with zero attached hydrogens (tertiary/aromatic N) is 1. The summed E-state index contributed by atoms with van der Waals surface area (Å²) in [5.74, 6) is 0. The van der Waals surface area contributed by atoms with E-state index in [1.807, 2.05) is 0 Å². The van der Waals surface area contributed by atoms with Crippen LogP contribution in [0.5, 0.6) is 0 Å². The number of benzene rings is 1. The van der Waals surface area contributed by atoms with Crippen LogP contribution < -0.4 is 5.32 Å². The van der Waals surface area contributed by atoms with Crippen LogP contribution in [-0.4, -0.2) is 4.98 Å². The SMILES string of the molecule is Clc1cc(Br)c(Cl)c(NCc2cnc(Cl)s2)c1. The summed E-state index contributed by atoms with van der Waals surface area (Å²) >= 11 is 22.6. The van der Waals surface area contributed by atoms with E-state index in [1.165, 1.54) is 11.3 Å². The molecule has 0 spiro atoms. The quantitative estimate of drug-likeness (QED) is 0.722. The number of hydrogen-bond acceptors (Lipinski definition) is 3. The minimum atomic E-state index is 0.528. The van der Waals surface area contributed by atoms with Gasteiger partial charge < -0.3 is 5.32 Å². The molecule has 0 unspecified atom stereocenters. The Morgan fingerprint density at radius 3 is 2.71 bits per heavy atom. The van der Waals surface area contributed by atoms with Gasteiger partial charge in [-0.15, -0.1) is 11.3 Å². The van der Waals surface area contributed by atoms with Crippen molar-refractivity contribution >= 4 is 67.8 Å². The van der Waals surface area contributed by atoms with Crippen molar-refractivity contribution in [1.29, 1.82) is 0 Å². The average molecular weight is 373 g/mol. The number of nitrogens with one attached hydrogen (secondary N) is 1. The van der Waals surface area contributed by atoms with Crippen molar-refractivity contribution in [2.75, 3.05) is 5.32 Å². The minimum Gasteiger partial charge on any atom is -0.379 e. The van der Waals surface area contributed by atoms with Crippen LogP contribution in [0.25, 0.3) is 0 Å². The number of halogens is 4. The van der Waals surface area contributed by atoms with Crippen LogP contribution in [-0.2, 0) is 6.54 Å². The average Bonchev–Trinajstić information content (AvgIpc) is 2.67. The molecule has 1 N–H and O–H groups in total. The van der Waals surface area contributed by atoms with Crippen LogP contribution in [0.2, 0.25) is 14.5 Å². The normalized spacial score (nSPS) is 10.6. The molecule has 0 fully saturated rings. The Balaban J connectivity index is 2.14. The molecule has 1 aromatic heterocycles. The van der Waals surface area contributed by atoms with Gasteiger partial charge in [0.1, 0.15) is 0 Å². The van der Waals surface area contributed by atoms with E-state index in [1.54, 1.807) is 18.3 Å². The Labute approximate surface area is 126 Å². The Bertz CT molecular complexity index is 544. The summed E-state index contributed by atoms with van der Waals surface area (Å²) in [6, 6.07) is 3.52. The van der Waals surface area contributed by atoms with Gasteiger partial charge in [-0.25, -0.2) is 4.98 Å². The molecule has 0 radical (unpaired) electrons. The molecule has 0 aliphatic carbocycles. The standard InChI is InChI=1S/C10H6BrCl3N2S/c11-7-1-5(12)2-8(9(7)13)15-3-6-4-16-10(14)17-6/h1-2,4,15H,3H2. The van der Waals surface area contributed by atoms with Crippen LogP contribution in [0, 0.1) is 0 Å². The number of aromatic nitrogens is 1. The molecule has 0 atom stereocenters. The topological polar surface area (TPSA) is 24.9 Å². The van der Waals surface area contributed by atoms with Gasteiger partial charge in [-0.1, -0.05) is 34.8 Å². The lowest BCUT2D eigenvalue weighted by molar-refractivity contribution is 1.17. The highest BCUT2D eigenvalue weighted by Gasteiger charge is 2.07. The van der Waals surface area contributed by atoms with E-state index in [2.05, 4.69) is 26.2 Å². The highest BCUT2D eigenvalue weighted by Crippen LogP contribution is 2.34. The molecule has 0 saturated carbocycles. The molecule has 0 saturated heterocycles. The van der Waals surface area contributed by atoms with Crippen molar-refractivity contribution in [2.45, 2.75) is 6.54 Å². The first-order valence-corrected chi connectivity index (χ1v) is 7.29. The first-order chi connectivity index (χ1) is 8.06. The van der Waals surface area contributed by atoms with Crippen molar-refractivity contribution in [1.82, 2.24) is 4.98 Å². The summed E-state index contributed by atoms with van der Waals surface area (Å²) < 4.78 is 1.29. The maximum absolute atomic E-state index is 6.13. The van der Waals surface area contributed by atoms with Crippen LogP contribution in [0.1, 0.15) is 4.88 Å². The maximum Gasteiger partial charge on any atom is 0.183 e. The molecule has 2 nitrogen and oxygen atoms in total. The monoisotopic (exact) mass is 370 g/mol. The van der Waals surface area contributed by atoms with Gasteiger partial charge in [0.05, 0.1) is 17.3 Å². The molecule has 0 amide bonds. The Hall–Kier alpha value is -0.000000000000000139. The van der Waals surface area contributed by atoms with E-state index in [-0.39, 0.29) is 0 Å². The second kappa shape index (κ2) is 5.76. The van der Waals surface area contributed by atoms with Crippen LogP contribution >= 0.6 is 62.1 Å². The predicted molar refractivity (Wildman–Crippen MR) is 78.6 cm³/mol. The Morgan fingerprint density at radius 2 is 2.06 bits per heavy atom. The van der Waals surface area contributed by atoms with Crippen molar-refractivity contribution in [3.05, 3.63) is 42.2 Å². The summed E-state index contributed by atoms with van der Waals surface area (Å²) in [4.78, 5) is 4.99. The first-order valence-electron chi connectivity index (χ1n) is 4.55. The fourth-order valence-corrected chi connectivity index (χ4v) is 3.14. The molecule has 2 aromatic rings. The van der Waals surface area contributed by atoms with Crippen molar-refractivity contribution in [2.24, 2.45) is 0 Å². The molecule has 2 rings (SSSR count). The number of rotatable bonds is 3. The van der Waals surface area contributed by atoms with E-state index < -0.39 is 0 Å². The fourth-order valence-electron chi connectivity index (χ4n) is 1.23. The van der Waals surface area contributed by atoms with E-state index in [9.17, 15) is 0 Å². The summed E-state index contributed by atoms with van der Waals surface area (Å²) in [5.41, 5.74) is 0.774. The first kappa shape index (κ1) is 13.4. The molecule has 7 heteroatoms. The van der Waals surface area contributed by atoms with E-state index in [0.717, 1.165) is 15.0 Å². The second-order valence-electron chi connectivity index (χ2n) is 3.18. The van der Waals surface area contributed by atoms with Gasteiger partial charge in [0.25, 0.3) is 0 Å². The van der Waals surface area contributed by atoms with Gasteiger partial charge in [-0.05, 0) is 28.1 Å². The number of hydrogen-bond donors (Lipinski definition) is 1. The zero-order valence-corrected chi connectivity index (χ0v) is 13.0. The molecule has 0 aliphatic rings. The van der Waals surface area contributed by atoms with Gasteiger partial charge in [0.2, 0.25) is 0 Å². The molecule has 90 valence electrons. The molecule has 0 bridgehead atoms. The van der Waals surface area contributed by atoms with Crippen LogP contribution in [0.4, 0.5) is 5.69 Å². The summed E-state index contributed by atoms with van der Waals surface area (Å²) in [6.07, 6.45) is 1.73. The van der Waals surface area contributed by atoms with Crippen molar-refractivity contribution in [3.8, 4) is 0 Å². The third-order valence-electron chi connectivity index (χ3n) is 1.97. The molecule has 0 aliphatic heterocycles. The lowest BCUT2D eigenvalue weighted by atomic mass is 10.3. The summed E-state index contributed by atoms with van der Waals surface area (Å²) in [6.45, 7) is 0.608. The predicted octanol–water partition coefficient (Wildman–Crippen LogP) is 5.48. The van der Waals surface area contributed by atoms with Crippen molar-refractivity contribution < 1.29 is 0 Å². The van der Waals surface area contributed by atoms with E-state index in [0.29, 0.717) is 21.1 Å². The molecular weight excluding hydrogens is 366 g/mol. The van der Waals surface area contributed by atoms with Gasteiger partial charge in [-0.2, -0.15) is 0 Å². The third-order valence-corrected chi connectivity index (χ3v) is 4.57. The molecule has 1 heterocycles. The van der Waals surface area contributed by atoms with Gasteiger partial charge >= 0.3 is 0 Å². The molecule has 1 aromatic carbocycles. The smallest absolute Gasteiger partial charge is 0.183 e. The Morgan fingerprint density at radius 1 is 1.29 bits per heavy atom. The van der Waals surface area contributed by atoms with Crippen LogP contribution in [0.3, 0.4) is 0 Å². The lowest BCUT2D eigenvalue weighted by Gasteiger charge is -2.09. The largest absolute Gasteiger partial charge is 0.379 e. The number of thiazole rings is 1.